The van der Waals surface area contributed by atoms with Crippen molar-refractivity contribution in [2.45, 2.75) is 13.3 Å². The normalized spacial score (nSPS) is 11.2. The summed E-state index contributed by atoms with van der Waals surface area (Å²) in [6.45, 7) is 4.08. The lowest BCUT2D eigenvalue weighted by Crippen LogP contribution is -3.05. The zero-order valence-electron chi connectivity index (χ0n) is 15.3. The van der Waals surface area contributed by atoms with Gasteiger partial charge in [0, 0.05) is 13.0 Å². The van der Waals surface area contributed by atoms with Crippen molar-refractivity contribution in [3.8, 4) is 5.75 Å². The lowest BCUT2D eigenvalue weighted by Gasteiger charge is -2.19. The Balaban J connectivity index is 1.93. The number of nitrogens with one attached hydrogen (secondary N) is 1. The van der Waals surface area contributed by atoms with Crippen LogP contribution in [0.15, 0.2) is 41.0 Å². The summed E-state index contributed by atoms with van der Waals surface area (Å²) in [6.07, 6.45) is 2.39. The maximum atomic E-state index is 12.9. The number of para-hydroxylation sites is 1. The molecule has 138 valence electrons. The summed E-state index contributed by atoms with van der Waals surface area (Å²) in [5.74, 6) is 0.905. The first-order chi connectivity index (χ1) is 12.6. The van der Waals surface area contributed by atoms with Crippen molar-refractivity contribution in [2.75, 3.05) is 38.7 Å². The molecule has 1 amide bonds. The summed E-state index contributed by atoms with van der Waals surface area (Å²) in [6, 6.07) is 9.26. The highest BCUT2D eigenvalue weighted by Gasteiger charge is 2.24. The van der Waals surface area contributed by atoms with E-state index < -0.39 is 0 Å². The number of anilines is 1. The van der Waals surface area contributed by atoms with Gasteiger partial charge in [-0.15, -0.1) is 0 Å². The Morgan fingerprint density at radius 2 is 2.15 bits per heavy atom. The van der Waals surface area contributed by atoms with Gasteiger partial charge in [-0.3, -0.25) is 9.69 Å². The maximum absolute atomic E-state index is 12.9. The van der Waals surface area contributed by atoms with Crippen LogP contribution in [0.3, 0.4) is 0 Å². The Kier molecular flexibility index (Phi) is 5.90. The molecule has 2 heterocycles. The molecule has 1 N–H and O–H groups in total. The lowest BCUT2D eigenvalue weighted by atomic mass is 10.3. The van der Waals surface area contributed by atoms with Crippen molar-refractivity contribution >= 4 is 32.6 Å². The van der Waals surface area contributed by atoms with Gasteiger partial charge < -0.3 is 14.1 Å². The predicted octanol–water partition coefficient (Wildman–Crippen LogP) is 2.47. The third-order valence-electron chi connectivity index (χ3n) is 3.94. The fraction of sp³-hybridized carbons (Fsp3) is 0.368. The fourth-order valence-electron chi connectivity index (χ4n) is 2.71. The van der Waals surface area contributed by atoms with E-state index in [1.807, 2.05) is 25.1 Å². The van der Waals surface area contributed by atoms with Crippen LogP contribution in [0, 0.1) is 0 Å². The van der Waals surface area contributed by atoms with E-state index in [-0.39, 0.29) is 5.91 Å². The predicted molar refractivity (Wildman–Crippen MR) is 103 cm³/mol. The molecule has 0 aliphatic carbocycles. The van der Waals surface area contributed by atoms with Crippen LogP contribution in [0.1, 0.15) is 23.9 Å². The summed E-state index contributed by atoms with van der Waals surface area (Å²) in [7, 11) is 4.20. The molecule has 0 aliphatic heterocycles. The first-order valence-corrected chi connectivity index (χ1v) is 9.58. The van der Waals surface area contributed by atoms with E-state index in [0.717, 1.165) is 28.9 Å². The average Bonchev–Trinajstić information content (AvgIpc) is 3.28. The van der Waals surface area contributed by atoms with Crippen LogP contribution in [0.25, 0.3) is 10.2 Å². The summed E-state index contributed by atoms with van der Waals surface area (Å²) in [5.41, 5.74) is 0.796. The Morgan fingerprint density at radius 3 is 2.85 bits per heavy atom. The van der Waals surface area contributed by atoms with E-state index in [0.29, 0.717) is 24.0 Å². The van der Waals surface area contributed by atoms with Gasteiger partial charge in [-0.25, -0.2) is 4.98 Å². The topological polar surface area (TPSA) is 60.0 Å². The van der Waals surface area contributed by atoms with Gasteiger partial charge >= 0.3 is 0 Å². The van der Waals surface area contributed by atoms with Gasteiger partial charge in [0.2, 0.25) is 0 Å². The highest BCUT2D eigenvalue weighted by atomic mass is 32.1. The van der Waals surface area contributed by atoms with E-state index >= 15 is 0 Å². The van der Waals surface area contributed by atoms with Crippen LogP contribution in [-0.2, 0) is 0 Å². The molecule has 0 bridgehead atoms. The third-order valence-corrected chi connectivity index (χ3v) is 4.98. The standard InChI is InChI=1S/C19H23N3O3S/c1-4-24-14-8-5-10-16-17(14)20-19(26-16)22(12-7-11-21(2)3)18(23)15-9-6-13-25-15/h5-6,8-10,13H,4,7,11-12H2,1-3H3/p+1. The molecule has 0 radical (unpaired) electrons. The van der Waals surface area contributed by atoms with E-state index in [4.69, 9.17) is 14.1 Å². The number of rotatable bonds is 8. The molecule has 0 aliphatic rings. The van der Waals surface area contributed by atoms with Crippen LogP contribution < -0.4 is 14.5 Å². The van der Waals surface area contributed by atoms with Gasteiger partial charge in [0.05, 0.1) is 38.2 Å². The third kappa shape index (κ3) is 4.05. The molecule has 3 rings (SSSR count). The van der Waals surface area contributed by atoms with Crippen LogP contribution in [0.4, 0.5) is 5.13 Å². The van der Waals surface area contributed by atoms with Crippen molar-refractivity contribution in [2.24, 2.45) is 0 Å². The Labute approximate surface area is 157 Å². The first-order valence-electron chi connectivity index (χ1n) is 8.77. The van der Waals surface area contributed by atoms with Gasteiger partial charge in [-0.05, 0) is 31.2 Å². The fourth-order valence-corrected chi connectivity index (χ4v) is 3.71. The number of carbonyl (C=O) groups excluding carboxylic acids is 1. The highest BCUT2D eigenvalue weighted by Crippen LogP contribution is 2.34. The van der Waals surface area contributed by atoms with E-state index in [1.165, 1.54) is 22.5 Å². The molecule has 0 spiro atoms. The molecule has 3 aromatic rings. The molecule has 6 nitrogen and oxygen atoms in total. The number of thiazole rings is 1. The average molecular weight is 374 g/mol. The molecule has 0 unspecified atom stereocenters. The van der Waals surface area contributed by atoms with Crippen molar-refractivity contribution in [3.05, 3.63) is 42.4 Å². The lowest BCUT2D eigenvalue weighted by molar-refractivity contribution is -0.858. The number of fused-ring (bicyclic) bond motifs is 1. The second kappa shape index (κ2) is 8.33. The first kappa shape index (κ1) is 18.4. The minimum absolute atomic E-state index is 0.166. The SMILES string of the molecule is CCOc1cccc2sc(N(CCC[NH+](C)C)C(=O)c3ccco3)nc12. The molecule has 7 heteroatoms. The quantitative estimate of drug-likeness (QED) is 0.658. The summed E-state index contributed by atoms with van der Waals surface area (Å²) < 4.78 is 12.0. The van der Waals surface area contributed by atoms with E-state index in [2.05, 4.69) is 14.1 Å². The summed E-state index contributed by atoms with van der Waals surface area (Å²) in [5, 5.41) is 0.669. The number of amides is 1. The number of carbonyl (C=O) groups is 1. The number of aromatic nitrogens is 1. The number of nitrogens with zero attached hydrogens (tertiary/aromatic N) is 2. The molecule has 0 atom stereocenters. The minimum Gasteiger partial charge on any atom is -0.492 e. The smallest absolute Gasteiger partial charge is 0.295 e. The van der Waals surface area contributed by atoms with Crippen LogP contribution >= 0.6 is 11.3 Å². The zero-order valence-corrected chi connectivity index (χ0v) is 16.1. The number of ether oxygens (including phenoxy) is 1. The number of benzene rings is 1. The molecule has 1 aromatic carbocycles. The number of furan rings is 1. The number of quaternary nitrogens is 1. The number of hydrogen-bond donors (Lipinski definition) is 1. The highest BCUT2D eigenvalue weighted by molar-refractivity contribution is 7.22. The van der Waals surface area contributed by atoms with E-state index in [1.54, 1.807) is 17.0 Å². The van der Waals surface area contributed by atoms with Gasteiger partial charge in [-0.2, -0.15) is 0 Å². The Morgan fingerprint density at radius 1 is 1.31 bits per heavy atom. The van der Waals surface area contributed by atoms with Crippen LogP contribution in [-0.4, -0.2) is 44.7 Å². The Hall–Kier alpha value is -2.38. The molecule has 26 heavy (non-hydrogen) atoms. The van der Waals surface area contributed by atoms with Gasteiger partial charge in [0.25, 0.3) is 5.91 Å². The molecular weight excluding hydrogens is 350 g/mol. The molecule has 0 saturated heterocycles. The van der Waals surface area contributed by atoms with Crippen molar-refractivity contribution in [3.63, 3.8) is 0 Å². The largest absolute Gasteiger partial charge is 0.492 e. The second-order valence-corrected chi connectivity index (χ2v) is 7.29. The van der Waals surface area contributed by atoms with E-state index in [9.17, 15) is 4.79 Å². The molecule has 2 aromatic heterocycles. The summed E-state index contributed by atoms with van der Waals surface area (Å²) >= 11 is 1.50. The molecular formula is C19H24N3O3S+. The minimum atomic E-state index is -0.166. The van der Waals surface area contributed by atoms with Crippen LogP contribution in [0.2, 0.25) is 0 Å². The van der Waals surface area contributed by atoms with Crippen molar-refractivity contribution in [1.82, 2.24) is 4.98 Å². The van der Waals surface area contributed by atoms with Crippen molar-refractivity contribution < 1.29 is 18.8 Å². The number of hydrogen-bond acceptors (Lipinski definition) is 5. The summed E-state index contributed by atoms with van der Waals surface area (Å²) in [4.78, 5) is 20.7. The molecule has 0 fully saturated rings. The molecule has 0 saturated carbocycles. The monoisotopic (exact) mass is 374 g/mol. The van der Waals surface area contributed by atoms with Crippen LogP contribution in [0.5, 0.6) is 5.75 Å². The maximum Gasteiger partial charge on any atom is 0.295 e. The van der Waals surface area contributed by atoms with Crippen molar-refractivity contribution in [1.29, 1.82) is 0 Å². The van der Waals surface area contributed by atoms with Gasteiger partial charge in [-0.1, -0.05) is 17.4 Å². The Bertz CT molecular complexity index is 858. The second-order valence-electron chi connectivity index (χ2n) is 6.28. The zero-order chi connectivity index (χ0) is 18.5. The van der Waals surface area contributed by atoms with Gasteiger partial charge in [0.15, 0.2) is 10.9 Å². The van der Waals surface area contributed by atoms with Gasteiger partial charge in [0.1, 0.15) is 11.3 Å².